The molecule has 1 unspecified atom stereocenters. The van der Waals surface area contributed by atoms with E-state index in [9.17, 15) is 0 Å². The quantitative estimate of drug-likeness (QED) is 0.694. The van der Waals surface area contributed by atoms with Crippen molar-refractivity contribution in [3.05, 3.63) is 0 Å². The molecule has 1 heterocycles. The van der Waals surface area contributed by atoms with E-state index in [0.29, 0.717) is 6.04 Å². The van der Waals surface area contributed by atoms with Crippen LogP contribution in [0.4, 0.5) is 0 Å². The zero-order valence-corrected chi connectivity index (χ0v) is 7.97. The molecule has 1 aliphatic rings. The second-order valence-electron chi connectivity index (χ2n) is 3.37. The van der Waals surface area contributed by atoms with Crippen LogP contribution in [0.1, 0.15) is 26.2 Å². The largest absolute Gasteiger partial charge is 0.385 e. The molecule has 70 valence electrons. The van der Waals surface area contributed by atoms with Crippen molar-refractivity contribution < 1.29 is 4.74 Å². The minimum atomic E-state index is 0.472. The molecule has 12 heavy (non-hydrogen) atoms. The molecule has 0 bridgehead atoms. The molecule has 0 aromatic rings. The maximum absolute atomic E-state index is 7.66. The Kier molecular flexibility index (Phi) is 3.53. The Labute approximate surface area is 74.2 Å². The van der Waals surface area contributed by atoms with Gasteiger partial charge in [-0.05, 0) is 19.8 Å². The molecule has 3 heteroatoms. The van der Waals surface area contributed by atoms with Gasteiger partial charge in [0.25, 0.3) is 0 Å². The van der Waals surface area contributed by atoms with Gasteiger partial charge < -0.3 is 9.64 Å². The number of nitrogens with one attached hydrogen (secondary N) is 1. The molecule has 0 aliphatic carbocycles. The van der Waals surface area contributed by atoms with Crippen molar-refractivity contribution in [3.8, 4) is 0 Å². The van der Waals surface area contributed by atoms with E-state index in [1.54, 1.807) is 7.11 Å². The molecule has 0 aromatic heterocycles. The van der Waals surface area contributed by atoms with Gasteiger partial charge in [-0.3, -0.25) is 5.41 Å². The van der Waals surface area contributed by atoms with Crippen molar-refractivity contribution in [2.24, 2.45) is 0 Å². The topological polar surface area (TPSA) is 36.3 Å². The summed E-state index contributed by atoms with van der Waals surface area (Å²) in [6, 6.07) is 0.472. The Balaban J connectivity index is 2.30. The normalized spacial score (nSPS) is 20.2. The smallest absolute Gasteiger partial charge is 0.0960 e. The fourth-order valence-corrected chi connectivity index (χ4v) is 1.63. The lowest BCUT2D eigenvalue weighted by Gasteiger charge is -2.25. The lowest BCUT2D eigenvalue weighted by Crippen LogP contribution is -2.34. The summed E-state index contributed by atoms with van der Waals surface area (Å²) in [5, 5.41) is 7.66. The number of nitrogens with zero attached hydrogens (tertiary/aromatic N) is 1. The SMILES string of the molecule is COCCC(C)N1CCCC1=N. The molecule has 0 spiro atoms. The van der Waals surface area contributed by atoms with Gasteiger partial charge in [-0.15, -0.1) is 0 Å². The van der Waals surface area contributed by atoms with Crippen LogP contribution in [0, 0.1) is 5.41 Å². The number of amidine groups is 1. The summed E-state index contributed by atoms with van der Waals surface area (Å²) in [6.07, 6.45) is 3.13. The number of likely N-dealkylation sites (tertiary alicyclic amines) is 1. The Morgan fingerprint density at radius 2 is 2.42 bits per heavy atom. The minimum Gasteiger partial charge on any atom is -0.385 e. The van der Waals surface area contributed by atoms with E-state index in [1.807, 2.05) is 0 Å². The van der Waals surface area contributed by atoms with Crippen LogP contribution in [0.15, 0.2) is 0 Å². The number of methoxy groups -OCH3 is 1. The predicted octanol–water partition coefficient (Wildman–Crippen LogP) is 1.48. The first-order valence-corrected chi connectivity index (χ1v) is 4.58. The third-order valence-corrected chi connectivity index (χ3v) is 2.43. The van der Waals surface area contributed by atoms with Crippen LogP contribution in [0.5, 0.6) is 0 Å². The number of rotatable bonds is 4. The second kappa shape index (κ2) is 4.45. The molecule has 0 radical (unpaired) electrons. The standard InChI is InChI=1S/C9H18N2O/c1-8(5-7-12-2)11-6-3-4-9(11)10/h8,10H,3-7H2,1-2H3. The average Bonchev–Trinajstić information content (AvgIpc) is 2.47. The van der Waals surface area contributed by atoms with Gasteiger partial charge in [0, 0.05) is 32.7 Å². The molecule has 0 amide bonds. The van der Waals surface area contributed by atoms with Crippen LogP contribution >= 0.6 is 0 Å². The third-order valence-electron chi connectivity index (χ3n) is 2.43. The highest BCUT2D eigenvalue weighted by atomic mass is 16.5. The Morgan fingerprint density at radius 1 is 1.67 bits per heavy atom. The maximum atomic E-state index is 7.66. The van der Waals surface area contributed by atoms with E-state index in [2.05, 4.69) is 11.8 Å². The van der Waals surface area contributed by atoms with Gasteiger partial charge in [-0.2, -0.15) is 0 Å². The molecular weight excluding hydrogens is 152 g/mol. The summed E-state index contributed by atoms with van der Waals surface area (Å²) in [4.78, 5) is 2.18. The monoisotopic (exact) mass is 170 g/mol. The van der Waals surface area contributed by atoms with Gasteiger partial charge in [0.05, 0.1) is 5.84 Å². The van der Waals surface area contributed by atoms with Crippen LogP contribution < -0.4 is 0 Å². The second-order valence-corrected chi connectivity index (χ2v) is 3.37. The maximum Gasteiger partial charge on any atom is 0.0960 e. The first-order chi connectivity index (χ1) is 5.75. The summed E-state index contributed by atoms with van der Waals surface area (Å²) in [7, 11) is 1.72. The Hall–Kier alpha value is -0.570. The van der Waals surface area contributed by atoms with E-state index >= 15 is 0 Å². The first kappa shape index (κ1) is 9.52. The van der Waals surface area contributed by atoms with E-state index < -0.39 is 0 Å². The summed E-state index contributed by atoms with van der Waals surface area (Å²) in [5.74, 6) is 0.804. The van der Waals surface area contributed by atoms with Gasteiger partial charge in [0.15, 0.2) is 0 Å². The molecule has 1 N–H and O–H groups in total. The lowest BCUT2D eigenvalue weighted by molar-refractivity contribution is 0.170. The fourth-order valence-electron chi connectivity index (χ4n) is 1.63. The number of ether oxygens (including phenoxy) is 1. The molecule has 1 rings (SSSR count). The minimum absolute atomic E-state index is 0.472. The third kappa shape index (κ3) is 2.21. The van der Waals surface area contributed by atoms with Crippen molar-refractivity contribution in [1.82, 2.24) is 4.90 Å². The van der Waals surface area contributed by atoms with Gasteiger partial charge in [-0.1, -0.05) is 0 Å². The summed E-state index contributed by atoms with van der Waals surface area (Å²) >= 11 is 0. The van der Waals surface area contributed by atoms with Crippen molar-refractivity contribution in [3.63, 3.8) is 0 Å². The van der Waals surface area contributed by atoms with E-state index in [1.165, 1.54) is 0 Å². The van der Waals surface area contributed by atoms with Crippen LogP contribution in [0.3, 0.4) is 0 Å². The fraction of sp³-hybridized carbons (Fsp3) is 0.889. The highest BCUT2D eigenvalue weighted by Crippen LogP contribution is 2.15. The van der Waals surface area contributed by atoms with Gasteiger partial charge in [0.1, 0.15) is 0 Å². The van der Waals surface area contributed by atoms with Crippen molar-refractivity contribution in [2.45, 2.75) is 32.2 Å². The molecule has 1 aliphatic heterocycles. The molecule has 1 fully saturated rings. The lowest BCUT2D eigenvalue weighted by atomic mass is 10.2. The zero-order valence-electron chi connectivity index (χ0n) is 7.97. The van der Waals surface area contributed by atoms with Crippen molar-refractivity contribution in [1.29, 1.82) is 5.41 Å². The number of hydrogen-bond acceptors (Lipinski definition) is 2. The van der Waals surface area contributed by atoms with E-state index in [0.717, 1.165) is 38.2 Å². The molecule has 3 nitrogen and oxygen atoms in total. The molecule has 1 atom stereocenters. The van der Waals surface area contributed by atoms with Crippen LogP contribution in [-0.2, 0) is 4.74 Å². The molecular formula is C9H18N2O. The van der Waals surface area contributed by atoms with Crippen LogP contribution in [0.25, 0.3) is 0 Å². The van der Waals surface area contributed by atoms with E-state index in [-0.39, 0.29) is 0 Å². The average molecular weight is 170 g/mol. The molecule has 0 saturated carbocycles. The van der Waals surface area contributed by atoms with Crippen LogP contribution in [-0.4, -0.2) is 37.0 Å². The van der Waals surface area contributed by atoms with Gasteiger partial charge >= 0.3 is 0 Å². The highest BCUT2D eigenvalue weighted by Gasteiger charge is 2.21. The summed E-state index contributed by atoms with van der Waals surface area (Å²) < 4.78 is 5.01. The molecule has 0 aromatic carbocycles. The highest BCUT2D eigenvalue weighted by molar-refractivity contribution is 5.81. The zero-order chi connectivity index (χ0) is 8.97. The van der Waals surface area contributed by atoms with Gasteiger partial charge in [0.2, 0.25) is 0 Å². The van der Waals surface area contributed by atoms with Crippen molar-refractivity contribution >= 4 is 5.84 Å². The van der Waals surface area contributed by atoms with Gasteiger partial charge in [-0.25, -0.2) is 0 Å². The summed E-state index contributed by atoms with van der Waals surface area (Å²) in [5.41, 5.74) is 0. The summed E-state index contributed by atoms with van der Waals surface area (Å²) in [6.45, 7) is 4.02. The Bertz CT molecular complexity index is 159. The van der Waals surface area contributed by atoms with Crippen molar-refractivity contribution in [2.75, 3.05) is 20.3 Å². The predicted molar refractivity (Wildman–Crippen MR) is 49.6 cm³/mol. The van der Waals surface area contributed by atoms with Crippen LogP contribution in [0.2, 0.25) is 0 Å². The Morgan fingerprint density at radius 3 is 2.92 bits per heavy atom. The van der Waals surface area contributed by atoms with E-state index in [4.69, 9.17) is 10.1 Å². The molecule has 1 saturated heterocycles. The first-order valence-electron chi connectivity index (χ1n) is 4.58. The number of hydrogen-bond donors (Lipinski definition) is 1.